The maximum absolute atomic E-state index is 13.8. The monoisotopic (exact) mass is 354 g/mol. The largest absolute Gasteiger partial charge is 0.328 e. The molecule has 0 aliphatic rings. The molecule has 2 aromatic carbocycles. The highest BCUT2D eigenvalue weighted by Crippen LogP contribution is 2.27. The van der Waals surface area contributed by atoms with E-state index in [1.54, 1.807) is 29.7 Å². The first-order valence-corrected chi connectivity index (χ1v) is 7.04. The van der Waals surface area contributed by atoms with Crippen molar-refractivity contribution in [1.29, 1.82) is 0 Å². The van der Waals surface area contributed by atoms with Crippen LogP contribution in [0.1, 0.15) is 5.56 Å². The lowest BCUT2D eigenvalue weighted by atomic mass is 10.2. The summed E-state index contributed by atoms with van der Waals surface area (Å²) in [7, 11) is 0. The van der Waals surface area contributed by atoms with Crippen molar-refractivity contribution in [2.75, 3.05) is 0 Å². The number of imidazole rings is 1. The predicted molar refractivity (Wildman–Crippen MR) is 80.8 cm³/mol. The highest BCUT2D eigenvalue weighted by atomic mass is 79.9. The van der Waals surface area contributed by atoms with E-state index in [2.05, 4.69) is 20.9 Å². The van der Waals surface area contributed by atoms with E-state index in [0.29, 0.717) is 31.5 Å². The first-order valence-electron chi connectivity index (χ1n) is 5.84. The number of benzene rings is 2. The number of aromatic nitrogens is 2. The molecule has 0 saturated heterocycles. The Morgan fingerprint density at radius 3 is 2.70 bits per heavy atom. The molecule has 0 radical (unpaired) electrons. The van der Waals surface area contributed by atoms with Crippen LogP contribution in [0.25, 0.3) is 16.7 Å². The third-order valence-corrected chi connectivity index (χ3v) is 4.04. The standard InChI is InChI=1S/C14H9BrF2N2S/c1-7-5-10(17)8(15)6-12(7)19-11-4-2-3-9(16)13(11)18-14(19)20/h2-6H,1H3,(H,18,20). The summed E-state index contributed by atoms with van der Waals surface area (Å²) in [5.74, 6) is -0.713. The average Bonchev–Trinajstić information content (AvgIpc) is 2.72. The van der Waals surface area contributed by atoms with E-state index in [1.165, 1.54) is 12.1 Å². The summed E-state index contributed by atoms with van der Waals surface area (Å²) in [6, 6.07) is 7.80. The molecular formula is C14H9BrF2N2S. The molecule has 20 heavy (non-hydrogen) atoms. The molecule has 2 nitrogen and oxygen atoms in total. The predicted octanol–water partition coefficient (Wildman–Crippen LogP) is 5.04. The number of nitrogens with one attached hydrogen (secondary N) is 1. The van der Waals surface area contributed by atoms with Gasteiger partial charge in [0.25, 0.3) is 0 Å². The topological polar surface area (TPSA) is 20.7 Å². The minimum Gasteiger partial charge on any atom is -0.328 e. The van der Waals surface area contributed by atoms with Gasteiger partial charge >= 0.3 is 0 Å². The summed E-state index contributed by atoms with van der Waals surface area (Å²) in [5, 5.41) is 0. The van der Waals surface area contributed by atoms with Crippen molar-refractivity contribution < 1.29 is 8.78 Å². The fraction of sp³-hybridized carbons (Fsp3) is 0.0714. The van der Waals surface area contributed by atoms with Gasteiger partial charge in [0.1, 0.15) is 17.2 Å². The quantitative estimate of drug-likeness (QED) is 0.607. The molecule has 1 aromatic heterocycles. The summed E-state index contributed by atoms with van der Waals surface area (Å²) < 4.78 is 29.7. The number of H-pyrrole nitrogens is 1. The number of hydrogen-bond donors (Lipinski definition) is 1. The van der Waals surface area contributed by atoms with Crippen LogP contribution in [0.2, 0.25) is 0 Å². The molecular weight excluding hydrogens is 346 g/mol. The molecule has 0 atom stereocenters. The van der Waals surface area contributed by atoms with Crippen molar-refractivity contribution in [1.82, 2.24) is 9.55 Å². The van der Waals surface area contributed by atoms with E-state index in [9.17, 15) is 8.78 Å². The molecule has 1 heterocycles. The average molecular weight is 355 g/mol. The van der Waals surface area contributed by atoms with Gasteiger partial charge in [0, 0.05) is 0 Å². The van der Waals surface area contributed by atoms with E-state index in [0.717, 1.165) is 0 Å². The third kappa shape index (κ3) is 1.99. The van der Waals surface area contributed by atoms with Gasteiger partial charge in [-0.25, -0.2) is 8.78 Å². The van der Waals surface area contributed by atoms with Gasteiger partial charge in [-0.1, -0.05) is 6.07 Å². The van der Waals surface area contributed by atoms with Gasteiger partial charge in [-0.3, -0.25) is 4.57 Å². The van der Waals surface area contributed by atoms with Crippen LogP contribution in [0.5, 0.6) is 0 Å². The maximum atomic E-state index is 13.8. The van der Waals surface area contributed by atoms with Crippen LogP contribution in [0.15, 0.2) is 34.8 Å². The number of halogens is 3. The number of nitrogens with zero attached hydrogens (tertiary/aromatic N) is 1. The van der Waals surface area contributed by atoms with Crippen LogP contribution in [0, 0.1) is 23.3 Å². The lowest BCUT2D eigenvalue weighted by Gasteiger charge is -2.10. The summed E-state index contributed by atoms with van der Waals surface area (Å²) in [6.45, 7) is 1.78. The first-order chi connectivity index (χ1) is 9.49. The molecule has 0 aliphatic carbocycles. The molecule has 0 unspecified atom stereocenters. The van der Waals surface area contributed by atoms with E-state index < -0.39 is 0 Å². The number of aryl methyl sites for hydroxylation is 1. The van der Waals surface area contributed by atoms with E-state index in [4.69, 9.17) is 12.2 Å². The zero-order valence-corrected chi connectivity index (χ0v) is 12.8. The van der Waals surface area contributed by atoms with Crippen LogP contribution in [0.4, 0.5) is 8.78 Å². The Balaban J connectivity index is 2.41. The van der Waals surface area contributed by atoms with Gasteiger partial charge in [0.15, 0.2) is 4.77 Å². The van der Waals surface area contributed by atoms with Gasteiger partial charge in [-0.15, -0.1) is 0 Å². The number of para-hydroxylation sites is 1. The summed E-state index contributed by atoms with van der Waals surface area (Å²) in [5.41, 5.74) is 2.39. The van der Waals surface area contributed by atoms with E-state index in [-0.39, 0.29) is 11.6 Å². The molecule has 0 aliphatic heterocycles. The highest BCUT2D eigenvalue weighted by Gasteiger charge is 2.13. The SMILES string of the molecule is Cc1cc(F)c(Br)cc1-n1c(=S)[nH]c2c(F)cccc21. The molecule has 6 heteroatoms. The Hall–Kier alpha value is -1.53. The number of fused-ring (bicyclic) bond motifs is 1. The molecule has 102 valence electrons. The normalized spacial score (nSPS) is 11.2. The van der Waals surface area contributed by atoms with Gasteiger partial charge in [0.05, 0.1) is 15.7 Å². The van der Waals surface area contributed by atoms with E-state index >= 15 is 0 Å². The van der Waals surface area contributed by atoms with Gasteiger partial charge < -0.3 is 4.98 Å². The van der Waals surface area contributed by atoms with Crippen LogP contribution >= 0.6 is 28.1 Å². The molecule has 1 N–H and O–H groups in total. The minimum absolute atomic E-state index is 0.339. The molecule has 0 bridgehead atoms. The Morgan fingerprint density at radius 2 is 1.95 bits per heavy atom. The fourth-order valence-electron chi connectivity index (χ4n) is 2.21. The lowest BCUT2D eigenvalue weighted by Crippen LogP contribution is -1.98. The summed E-state index contributed by atoms with van der Waals surface area (Å²) in [4.78, 5) is 2.85. The Labute approximate surface area is 127 Å². The Kier molecular flexibility index (Phi) is 3.22. The fourth-order valence-corrected chi connectivity index (χ4v) is 2.84. The van der Waals surface area contributed by atoms with Crippen molar-refractivity contribution >= 4 is 39.2 Å². The zero-order chi connectivity index (χ0) is 14.4. The van der Waals surface area contributed by atoms with Crippen molar-refractivity contribution in [2.45, 2.75) is 6.92 Å². The van der Waals surface area contributed by atoms with Gasteiger partial charge in [-0.2, -0.15) is 0 Å². The molecule has 0 saturated carbocycles. The minimum atomic E-state index is -0.369. The highest BCUT2D eigenvalue weighted by molar-refractivity contribution is 9.10. The van der Waals surface area contributed by atoms with E-state index in [1.807, 2.05) is 0 Å². The second kappa shape index (κ2) is 4.79. The zero-order valence-electron chi connectivity index (χ0n) is 10.4. The van der Waals surface area contributed by atoms with Gasteiger partial charge in [-0.05, 0) is 64.9 Å². The first kappa shape index (κ1) is 13.5. The number of aromatic amines is 1. The van der Waals surface area contributed by atoms with Crippen molar-refractivity contribution in [3.8, 4) is 5.69 Å². The van der Waals surface area contributed by atoms with Crippen LogP contribution in [0.3, 0.4) is 0 Å². The molecule has 3 rings (SSSR count). The van der Waals surface area contributed by atoms with Crippen LogP contribution in [-0.4, -0.2) is 9.55 Å². The molecule has 3 aromatic rings. The molecule has 0 spiro atoms. The van der Waals surface area contributed by atoms with Crippen molar-refractivity contribution in [2.24, 2.45) is 0 Å². The third-order valence-electron chi connectivity index (χ3n) is 3.15. The second-order valence-corrected chi connectivity index (χ2v) is 5.69. The maximum Gasteiger partial charge on any atom is 0.182 e. The molecule has 0 amide bonds. The summed E-state index contributed by atoms with van der Waals surface area (Å²) in [6.07, 6.45) is 0. The Morgan fingerprint density at radius 1 is 1.20 bits per heavy atom. The number of hydrogen-bond acceptors (Lipinski definition) is 1. The molecule has 0 fully saturated rings. The van der Waals surface area contributed by atoms with Crippen LogP contribution in [-0.2, 0) is 0 Å². The van der Waals surface area contributed by atoms with Crippen LogP contribution < -0.4 is 0 Å². The number of rotatable bonds is 1. The van der Waals surface area contributed by atoms with Gasteiger partial charge in [0.2, 0.25) is 0 Å². The smallest absolute Gasteiger partial charge is 0.182 e. The Bertz CT molecular complexity index is 883. The summed E-state index contributed by atoms with van der Waals surface area (Å²) >= 11 is 8.42. The lowest BCUT2D eigenvalue weighted by molar-refractivity contribution is 0.619. The van der Waals surface area contributed by atoms with Crippen molar-refractivity contribution in [3.63, 3.8) is 0 Å². The second-order valence-electron chi connectivity index (χ2n) is 4.45. The van der Waals surface area contributed by atoms with Crippen molar-refractivity contribution in [3.05, 3.63) is 56.8 Å².